The quantitative estimate of drug-likeness (QED) is 0.799. The number of nitrogens with one attached hydrogen (secondary N) is 1. The fourth-order valence-corrected chi connectivity index (χ4v) is 2.70. The van der Waals surface area contributed by atoms with Crippen LogP contribution < -0.4 is 5.32 Å². The van der Waals surface area contributed by atoms with Crippen LogP contribution in [0.1, 0.15) is 24.0 Å². The number of halogens is 4. The lowest BCUT2D eigenvalue weighted by Crippen LogP contribution is -2.42. The van der Waals surface area contributed by atoms with E-state index in [-0.39, 0.29) is 12.1 Å². The lowest BCUT2D eigenvalue weighted by atomic mass is 10.1. The third-order valence-corrected chi connectivity index (χ3v) is 3.85. The number of hydrogen-bond donors (Lipinski definition) is 2. The number of amides is 1. The molecule has 1 aromatic carbocycles. The van der Waals surface area contributed by atoms with Crippen molar-refractivity contribution in [2.75, 3.05) is 13.1 Å². The molecule has 0 bridgehead atoms. The van der Waals surface area contributed by atoms with Crippen LogP contribution in [0.5, 0.6) is 0 Å². The number of carboxylic acids is 1. The topological polar surface area (TPSA) is 69.6 Å². The largest absolute Gasteiger partial charge is 0.480 e. The monoisotopic (exact) mass is 348 g/mol. The van der Waals surface area contributed by atoms with E-state index in [4.69, 9.17) is 5.11 Å². The van der Waals surface area contributed by atoms with Crippen molar-refractivity contribution in [3.8, 4) is 0 Å². The smallest absolute Gasteiger partial charge is 0.416 e. The Morgan fingerprint density at radius 2 is 2.04 bits per heavy atom. The summed E-state index contributed by atoms with van der Waals surface area (Å²) in [7, 11) is 0. The Morgan fingerprint density at radius 3 is 2.67 bits per heavy atom. The normalized spacial score (nSPS) is 18.6. The molecule has 132 valence electrons. The van der Waals surface area contributed by atoms with Gasteiger partial charge < -0.3 is 10.4 Å². The summed E-state index contributed by atoms with van der Waals surface area (Å²) < 4.78 is 51.6. The predicted octanol–water partition coefficient (Wildman–Crippen LogP) is 2.01. The van der Waals surface area contributed by atoms with Crippen molar-refractivity contribution in [3.05, 3.63) is 35.1 Å². The van der Waals surface area contributed by atoms with Gasteiger partial charge in [-0.15, -0.1) is 0 Å². The molecule has 0 aliphatic carbocycles. The fourth-order valence-electron chi connectivity index (χ4n) is 2.70. The van der Waals surface area contributed by atoms with Gasteiger partial charge in [0.2, 0.25) is 5.91 Å². The fraction of sp³-hybridized carbons (Fsp3) is 0.467. The Hall–Kier alpha value is -2.16. The molecule has 1 fully saturated rings. The van der Waals surface area contributed by atoms with Crippen molar-refractivity contribution in [3.63, 3.8) is 0 Å². The molecule has 2 N–H and O–H groups in total. The van der Waals surface area contributed by atoms with Crippen LogP contribution in [0, 0.1) is 5.82 Å². The second kappa shape index (κ2) is 7.16. The molecule has 9 heteroatoms. The number of likely N-dealkylation sites (tertiary alicyclic amines) is 1. The summed E-state index contributed by atoms with van der Waals surface area (Å²) in [5.41, 5.74) is -1.40. The zero-order valence-electron chi connectivity index (χ0n) is 12.6. The Balaban J connectivity index is 1.98. The van der Waals surface area contributed by atoms with Crippen LogP contribution in [0.2, 0.25) is 0 Å². The number of rotatable bonds is 5. The highest BCUT2D eigenvalue weighted by Crippen LogP contribution is 2.32. The van der Waals surface area contributed by atoms with E-state index < -0.39 is 42.0 Å². The SMILES string of the molecule is O=C(CN1CCC[C@H]1C(=O)O)NCc1ccc(F)cc1C(F)(F)F. The lowest BCUT2D eigenvalue weighted by molar-refractivity contribution is -0.143. The lowest BCUT2D eigenvalue weighted by Gasteiger charge is -2.20. The summed E-state index contributed by atoms with van der Waals surface area (Å²) >= 11 is 0. The highest BCUT2D eigenvalue weighted by molar-refractivity contribution is 5.80. The average molecular weight is 348 g/mol. The van der Waals surface area contributed by atoms with Crippen LogP contribution in [-0.4, -0.2) is 41.0 Å². The second-order valence-corrected chi connectivity index (χ2v) is 5.54. The molecule has 1 amide bonds. The Bertz CT molecular complexity index is 634. The summed E-state index contributed by atoms with van der Waals surface area (Å²) in [4.78, 5) is 24.4. The van der Waals surface area contributed by atoms with Crippen molar-refractivity contribution in [2.24, 2.45) is 0 Å². The zero-order valence-corrected chi connectivity index (χ0v) is 12.6. The van der Waals surface area contributed by atoms with E-state index in [1.165, 1.54) is 4.90 Å². The van der Waals surface area contributed by atoms with Crippen molar-refractivity contribution < 1.29 is 32.3 Å². The number of benzene rings is 1. The van der Waals surface area contributed by atoms with Crippen LogP contribution in [0.3, 0.4) is 0 Å². The predicted molar refractivity (Wildman–Crippen MR) is 75.5 cm³/mol. The average Bonchev–Trinajstić information content (AvgIpc) is 2.93. The first kappa shape index (κ1) is 18.2. The summed E-state index contributed by atoms with van der Waals surface area (Å²) in [5.74, 6) is -2.63. The molecule has 0 unspecified atom stereocenters. The summed E-state index contributed by atoms with van der Waals surface area (Å²) in [6, 6.07) is 1.47. The maximum atomic E-state index is 13.0. The highest BCUT2D eigenvalue weighted by atomic mass is 19.4. The second-order valence-electron chi connectivity index (χ2n) is 5.54. The van der Waals surface area contributed by atoms with Gasteiger partial charge in [-0.1, -0.05) is 6.07 Å². The van der Waals surface area contributed by atoms with Gasteiger partial charge >= 0.3 is 12.1 Å². The molecule has 1 aliphatic rings. The highest BCUT2D eigenvalue weighted by Gasteiger charge is 2.34. The summed E-state index contributed by atoms with van der Waals surface area (Å²) in [6.45, 7) is -0.187. The Labute approximate surface area is 135 Å². The molecular weight excluding hydrogens is 332 g/mol. The maximum absolute atomic E-state index is 13.0. The molecule has 0 saturated carbocycles. The molecule has 1 heterocycles. The van der Waals surface area contributed by atoms with Gasteiger partial charge in [0, 0.05) is 6.54 Å². The van der Waals surface area contributed by atoms with E-state index in [0.717, 1.165) is 12.1 Å². The number of nitrogens with zero attached hydrogens (tertiary/aromatic N) is 1. The first-order chi connectivity index (χ1) is 11.2. The van der Waals surface area contributed by atoms with Crippen LogP contribution in [0.4, 0.5) is 17.6 Å². The Kier molecular flexibility index (Phi) is 5.43. The van der Waals surface area contributed by atoms with Crippen LogP contribution in [0.25, 0.3) is 0 Å². The molecule has 1 aromatic rings. The molecule has 1 atom stereocenters. The molecule has 1 saturated heterocycles. The Morgan fingerprint density at radius 1 is 1.33 bits per heavy atom. The number of hydrogen-bond acceptors (Lipinski definition) is 3. The number of carbonyl (C=O) groups excluding carboxylic acids is 1. The molecule has 2 rings (SSSR count). The number of carbonyl (C=O) groups is 2. The molecule has 0 spiro atoms. The maximum Gasteiger partial charge on any atom is 0.416 e. The van der Waals surface area contributed by atoms with Gasteiger partial charge in [0.1, 0.15) is 11.9 Å². The minimum Gasteiger partial charge on any atom is -0.480 e. The van der Waals surface area contributed by atoms with Crippen molar-refractivity contribution in [1.82, 2.24) is 10.2 Å². The van der Waals surface area contributed by atoms with Crippen LogP contribution >= 0.6 is 0 Å². The summed E-state index contributed by atoms with van der Waals surface area (Å²) in [6.07, 6.45) is -3.66. The van der Waals surface area contributed by atoms with Gasteiger partial charge in [0.05, 0.1) is 12.1 Å². The van der Waals surface area contributed by atoms with Crippen LogP contribution in [0.15, 0.2) is 18.2 Å². The molecule has 1 aliphatic heterocycles. The van der Waals surface area contributed by atoms with E-state index in [1.807, 2.05) is 0 Å². The van der Waals surface area contributed by atoms with Gasteiger partial charge in [0.15, 0.2) is 0 Å². The van der Waals surface area contributed by atoms with Crippen LogP contribution in [-0.2, 0) is 22.3 Å². The van der Waals surface area contributed by atoms with E-state index in [0.29, 0.717) is 25.5 Å². The summed E-state index contributed by atoms with van der Waals surface area (Å²) in [5, 5.41) is 11.3. The van der Waals surface area contributed by atoms with Gasteiger partial charge in [-0.05, 0) is 37.1 Å². The molecular formula is C15H16F4N2O3. The number of alkyl halides is 3. The van der Waals surface area contributed by atoms with E-state index in [1.54, 1.807) is 0 Å². The third kappa shape index (κ3) is 4.44. The molecule has 24 heavy (non-hydrogen) atoms. The zero-order chi connectivity index (χ0) is 17.9. The standard InChI is InChI=1S/C15H16F4N2O3/c16-10-4-3-9(11(6-10)15(17,18)19)7-20-13(22)8-21-5-1-2-12(21)14(23)24/h3-4,6,12H,1-2,5,7-8H2,(H,20,22)(H,23,24)/t12-/m0/s1. The minimum atomic E-state index is -4.73. The van der Waals surface area contributed by atoms with E-state index in [2.05, 4.69) is 5.32 Å². The third-order valence-electron chi connectivity index (χ3n) is 3.85. The van der Waals surface area contributed by atoms with Gasteiger partial charge in [-0.3, -0.25) is 14.5 Å². The van der Waals surface area contributed by atoms with Gasteiger partial charge in [0.25, 0.3) is 0 Å². The first-order valence-corrected chi connectivity index (χ1v) is 7.27. The molecule has 5 nitrogen and oxygen atoms in total. The van der Waals surface area contributed by atoms with E-state index >= 15 is 0 Å². The number of carboxylic acid groups (broad SMARTS) is 1. The minimum absolute atomic E-state index is 0.209. The van der Waals surface area contributed by atoms with Crippen molar-refractivity contribution in [2.45, 2.75) is 31.6 Å². The molecule has 0 aromatic heterocycles. The van der Waals surface area contributed by atoms with Crippen molar-refractivity contribution >= 4 is 11.9 Å². The van der Waals surface area contributed by atoms with Crippen molar-refractivity contribution in [1.29, 1.82) is 0 Å². The number of aliphatic carboxylic acids is 1. The van der Waals surface area contributed by atoms with E-state index in [9.17, 15) is 27.2 Å². The van der Waals surface area contributed by atoms with Gasteiger partial charge in [-0.25, -0.2) is 4.39 Å². The molecule has 0 radical (unpaired) electrons. The van der Waals surface area contributed by atoms with Gasteiger partial charge in [-0.2, -0.15) is 13.2 Å². The first-order valence-electron chi connectivity index (χ1n) is 7.27.